The van der Waals surface area contributed by atoms with Crippen molar-refractivity contribution in [3.05, 3.63) is 0 Å². The summed E-state index contributed by atoms with van der Waals surface area (Å²) in [6, 6.07) is 0. The lowest BCUT2D eigenvalue weighted by atomic mass is 9.20. The van der Waals surface area contributed by atoms with Crippen molar-refractivity contribution in [3.8, 4) is 0 Å². The normalized spacial score (nSPS) is 64.2. The van der Waals surface area contributed by atoms with Gasteiger partial charge in [-0.15, -0.1) is 0 Å². The van der Waals surface area contributed by atoms with Crippen LogP contribution in [0.2, 0.25) is 0 Å². The van der Waals surface area contributed by atoms with Crippen LogP contribution in [-0.4, -0.2) is 18.5 Å². The highest BCUT2D eigenvalue weighted by atomic mass is 16.5. The fourth-order valence-corrected chi connectivity index (χ4v) is 7.59. The maximum absolute atomic E-state index is 12.2. The molecule has 19 heavy (non-hydrogen) atoms. The Hall–Kier alpha value is -0.370. The van der Waals surface area contributed by atoms with E-state index >= 15 is 0 Å². The lowest BCUT2D eigenvalue weighted by Crippen LogP contribution is -2.82. The van der Waals surface area contributed by atoms with Gasteiger partial charge in [-0.05, 0) is 48.9 Å². The summed E-state index contributed by atoms with van der Waals surface area (Å²) >= 11 is 0. The third-order valence-electron chi connectivity index (χ3n) is 7.89. The fourth-order valence-electron chi connectivity index (χ4n) is 7.59. The van der Waals surface area contributed by atoms with Crippen LogP contribution in [0.25, 0.3) is 0 Å². The zero-order valence-corrected chi connectivity index (χ0v) is 12.0. The molecule has 0 amide bonds. The third kappa shape index (κ3) is 0.914. The van der Waals surface area contributed by atoms with Crippen molar-refractivity contribution < 1.29 is 9.53 Å². The Morgan fingerprint density at radius 3 is 3.00 bits per heavy atom. The van der Waals surface area contributed by atoms with Gasteiger partial charge in [0.1, 0.15) is 5.78 Å². The summed E-state index contributed by atoms with van der Waals surface area (Å²) in [4.78, 5) is 12.2. The first-order valence-corrected chi connectivity index (χ1v) is 8.37. The maximum atomic E-state index is 12.2. The van der Waals surface area contributed by atoms with Crippen molar-refractivity contribution in [2.45, 2.75) is 45.6 Å². The molecule has 2 nitrogen and oxygen atoms in total. The second-order valence-electron chi connectivity index (χ2n) is 7.86. The van der Waals surface area contributed by atoms with Crippen molar-refractivity contribution in [2.24, 2.45) is 46.8 Å². The number of carbonyl (C=O) groups is 1. The monoisotopic (exact) mass is 260 g/mol. The van der Waals surface area contributed by atoms with Crippen molar-refractivity contribution in [2.75, 3.05) is 6.61 Å². The first-order valence-electron chi connectivity index (χ1n) is 8.37. The predicted octanol–water partition coefficient (Wildman–Crippen LogP) is 2.91. The summed E-state index contributed by atoms with van der Waals surface area (Å²) in [6.45, 7) is 5.59. The molecule has 4 aliphatic carbocycles. The van der Waals surface area contributed by atoms with Crippen LogP contribution in [0.5, 0.6) is 0 Å². The highest BCUT2D eigenvalue weighted by Crippen LogP contribution is 2.86. The minimum absolute atomic E-state index is 0.422. The molecule has 5 aliphatic rings. The van der Waals surface area contributed by atoms with Gasteiger partial charge in [-0.1, -0.05) is 19.8 Å². The number of Topliss-reactive ketones (excluding diaryl/α,β-unsaturated/α-hetero) is 1. The van der Waals surface area contributed by atoms with E-state index in [9.17, 15) is 4.79 Å². The van der Waals surface area contributed by atoms with Crippen molar-refractivity contribution in [1.82, 2.24) is 0 Å². The molecule has 104 valence electrons. The molecule has 1 heterocycles. The third-order valence-corrected chi connectivity index (χ3v) is 7.89. The van der Waals surface area contributed by atoms with Gasteiger partial charge in [0.15, 0.2) is 0 Å². The number of carbonyl (C=O) groups excluding carboxylic acids is 1. The summed E-state index contributed by atoms with van der Waals surface area (Å²) in [5.74, 6) is 6.11. The Morgan fingerprint density at radius 2 is 2.21 bits per heavy atom. The van der Waals surface area contributed by atoms with Gasteiger partial charge in [0.2, 0.25) is 0 Å². The van der Waals surface area contributed by atoms with Crippen LogP contribution < -0.4 is 0 Å². The van der Waals surface area contributed by atoms with E-state index in [0.717, 1.165) is 48.5 Å². The summed E-state index contributed by atoms with van der Waals surface area (Å²) in [5.41, 5.74) is 0.450. The first-order chi connectivity index (χ1) is 9.22. The topological polar surface area (TPSA) is 26.3 Å². The summed E-state index contributed by atoms with van der Waals surface area (Å²) in [5, 5.41) is 0. The quantitative estimate of drug-likeness (QED) is 0.763. The fraction of sp³-hybridized carbons (Fsp3) is 0.941. The van der Waals surface area contributed by atoms with E-state index in [1.165, 1.54) is 19.3 Å². The number of rotatable bonds is 2. The zero-order valence-electron chi connectivity index (χ0n) is 12.0. The second kappa shape index (κ2) is 3.27. The van der Waals surface area contributed by atoms with Crippen molar-refractivity contribution >= 4 is 5.78 Å². The molecule has 4 saturated carbocycles. The van der Waals surface area contributed by atoms with Crippen LogP contribution in [0.4, 0.5) is 0 Å². The molecule has 0 N–H and O–H groups in total. The Bertz CT molecular complexity index is 458. The SMILES string of the molecule is CCC[C@H]1[C@H]2[C@@H]3[C@H]4CCC(=O)[C@H]4[C@@H]3C23[C@@H]1CO[C@@H]3C. The summed E-state index contributed by atoms with van der Waals surface area (Å²) < 4.78 is 6.07. The highest BCUT2D eigenvalue weighted by molar-refractivity contribution is 5.86. The Labute approximate surface area is 115 Å². The van der Waals surface area contributed by atoms with Gasteiger partial charge in [0.05, 0.1) is 12.7 Å². The van der Waals surface area contributed by atoms with Gasteiger partial charge >= 0.3 is 0 Å². The average Bonchev–Trinajstić information content (AvgIpc) is 2.83. The van der Waals surface area contributed by atoms with Crippen LogP contribution in [0.15, 0.2) is 0 Å². The number of ketones is 1. The molecule has 5 rings (SSSR count). The zero-order chi connectivity index (χ0) is 12.9. The van der Waals surface area contributed by atoms with Crippen molar-refractivity contribution in [3.63, 3.8) is 0 Å². The van der Waals surface area contributed by atoms with Crippen molar-refractivity contribution in [1.29, 1.82) is 0 Å². The summed E-state index contributed by atoms with van der Waals surface area (Å²) in [6.07, 6.45) is 5.21. The van der Waals surface area contributed by atoms with Crippen LogP contribution in [0.3, 0.4) is 0 Å². The molecule has 1 spiro atoms. The number of hydrogen-bond acceptors (Lipinski definition) is 2. The molecule has 0 bridgehead atoms. The predicted molar refractivity (Wildman–Crippen MR) is 71.4 cm³/mol. The maximum Gasteiger partial charge on any atom is 0.136 e. The Morgan fingerprint density at radius 1 is 1.37 bits per heavy atom. The van der Waals surface area contributed by atoms with Gasteiger partial charge in [-0.3, -0.25) is 4.79 Å². The minimum atomic E-state index is 0.422. The molecule has 9 atom stereocenters. The highest BCUT2D eigenvalue weighted by Gasteiger charge is 2.86. The molecule has 2 heteroatoms. The van der Waals surface area contributed by atoms with Gasteiger partial charge in [0, 0.05) is 17.8 Å². The van der Waals surface area contributed by atoms with E-state index in [1.54, 1.807) is 0 Å². The lowest BCUT2D eigenvalue weighted by molar-refractivity contribution is -0.361. The van der Waals surface area contributed by atoms with E-state index < -0.39 is 0 Å². The smallest absolute Gasteiger partial charge is 0.136 e. The number of hydrogen-bond donors (Lipinski definition) is 0. The average molecular weight is 260 g/mol. The Kier molecular flexibility index (Phi) is 1.94. The van der Waals surface area contributed by atoms with E-state index in [0.29, 0.717) is 23.2 Å². The van der Waals surface area contributed by atoms with Crippen LogP contribution >= 0.6 is 0 Å². The van der Waals surface area contributed by atoms with Gasteiger partial charge in [-0.25, -0.2) is 0 Å². The number of fused-ring (bicyclic) bond motifs is 5. The molecule has 1 saturated heterocycles. The van der Waals surface area contributed by atoms with E-state index in [-0.39, 0.29) is 0 Å². The number of ether oxygens (including phenoxy) is 1. The van der Waals surface area contributed by atoms with Crippen LogP contribution in [0, 0.1) is 46.8 Å². The van der Waals surface area contributed by atoms with E-state index in [4.69, 9.17) is 4.74 Å². The largest absolute Gasteiger partial charge is 0.378 e. The van der Waals surface area contributed by atoms with E-state index in [1.807, 2.05) is 0 Å². The molecular weight excluding hydrogens is 236 g/mol. The molecule has 0 aromatic rings. The standard InChI is InChI=1S/C17H24O2/c1-3-4-9-11-7-19-8(2)17(11)15(9)14-10-5-6-12(18)13(10)16(14)17/h8-11,13-16H,3-7H2,1-2H3/t8-,9-,10+,11-,13+,14+,15+,16+,17?/m1/s1. The van der Waals surface area contributed by atoms with Gasteiger partial charge < -0.3 is 4.74 Å². The molecular formula is C17H24O2. The first kappa shape index (κ1) is 11.3. The van der Waals surface area contributed by atoms with Gasteiger partial charge in [-0.2, -0.15) is 0 Å². The molecule has 1 unspecified atom stereocenters. The molecule has 1 aliphatic heterocycles. The van der Waals surface area contributed by atoms with E-state index in [2.05, 4.69) is 13.8 Å². The molecule has 0 radical (unpaired) electrons. The van der Waals surface area contributed by atoms with Gasteiger partial charge in [0.25, 0.3) is 0 Å². The van der Waals surface area contributed by atoms with Crippen LogP contribution in [-0.2, 0) is 9.53 Å². The molecule has 0 aromatic carbocycles. The Balaban J connectivity index is 1.52. The second-order valence-corrected chi connectivity index (χ2v) is 7.86. The lowest BCUT2D eigenvalue weighted by Gasteiger charge is -2.82. The van der Waals surface area contributed by atoms with Crippen LogP contribution in [0.1, 0.15) is 39.5 Å². The minimum Gasteiger partial charge on any atom is -0.378 e. The molecule has 5 fully saturated rings. The molecule has 0 aromatic heterocycles. The summed E-state index contributed by atoms with van der Waals surface area (Å²) in [7, 11) is 0.